The average Bonchev–Trinajstić information content (AvgIpc) is 2.78. The van der Waals surface area contributed by atoms with Gasteiger partial charge in [0.2, 0.25) is 0 Å². The van der Waals surface area contributed by atoms with Crippen molar-refractivity contribution in [3.05, 3.63) is 29.0 Å². The molecule has 0 amide bonds. The zero-order valence-electron chi connectivity index (χ0n) is 9.48. The van der Waals surface area contributed by atoms with Crippen molar-refractivity contribution in [3.63, 3.8) is 0 Å². The number of aromatic nitrogens is 2. The van der Waals surface area contributed by atoms with Gasteiger partial charge >= 0.3 is 0 Å². The van der Waals surface area contributed by atoms with E-state index in [4.69, 9.17) is 16.1 Å². The number of rotatable bonds is 4. The number of nitrogens with zero attached hydrogens (tertiary/aromatic N) is 2. The van der Waals surface area contributed by atoms with E-state index in [9.17, 15) is 5.11 Å². The lowest BCUT2D eigenvalue weighted by atomic mass is 10.2. The van der Waals surface area contributed by atoms with Gasteiger partial charge in [-0.1, -0.05) is 30.1 Å². The van der Waals surface area contributed by atoms with Crippen LogP contribution in [-0.4, -0.2) is 15.2 Å². The van der Waals surface area contributed by atoms with Crippen molar-refractivity contribution < 1.29 is 9.63 Å². The fourth-order valence-corrected chi connectivity index (χ4v) is 1.68. The molecule has 0 saturated heterocycles. The van der Waals surface area contributed by atoms with E-state index in [1.165, 1.54) is 12.1 Å². The van der Waals surface area contributed by atoms with Crippen LogP contribution in [0.15, 0.2) is 22.7 Å². The molecular formula is C12H13ClN2O2. The highest BCUT2D eigenvalue weighted by atomic mass is 35.5. The Bertz CT molecular complexity index is 511. The van der Waals surface area contributed by atoms with Gasteiger partial charge in [-0.3, -0.25) is 0 Å². The molecule has 0 bridgehead atoms. The van der Waals surface area contributed by atoms with E-state index in [2.05, 4.69) is 17.1 Å². The van der Waals surface area contributed by atoms with Gasteiger partial charge in [0.25, 0.3) is 5.89 Å². The van der Waals surface area contributed by atoms with Gasteiger partial charge in [0.15, 0.2) is 5.82 Å². The summed E-state index contributed by atoms with van der Waals surface area (Å²) in [5, 5.41) is 13.8. The fraction of sp³-hybridized carbons (Fsp3) is 0.333. The minimum Gasteiger partial charge on any atom is -0.508 e. The summed E-state index contributed by atoms with van der Waals surface area (Å²) in [6.45, 7) is 2.10. The van der Waals surface area contributed by atoms with E-state index in [-0.39, 0.29) is 5.75 Å². The summed E-state index contributed by atoms with van der Waals surface area (Å²) in [4.78, 5) is 4.25. The van der Waals surface area contributed by atoms with Crippen molar-refractivity contribution in [2.75, 3.05) is 0 Å². The van der Waals surface area contributed by atoms with Gasteiger partial charge in [-0.05, 0) is 24.6 Å². The molecule has 0 aliphatic carbocycles. The first-order valence-corrected chi connectivity index (χ1v) is 5.90. The normalized spacial score (nSPS) is 10.7. The molecule has 90 valence electrons. The second-order valence-electron chi connectivity index (χ2n) is 3.78. The molecule has 0 aliphatic heterocycles. The van der Waals surface area contributed by atoms with Gasteiger partial charge in [-0.25, -0.2) is 0 Å². The second kappa shape index (κ2) is 5.19. The number of hydrogen-bond donors (Lipinski definition) is 1. The Kier molecular flexibility index (Phi) is 3.64. The number of aryl methyl sites for hydroxylation is 1. The number of unbranched alkanes of at least 4 members (excludes halogenated alkanes) is 1. The topological polar surface area (TPSA) is 59.2 Å². The van der Waals surface area contributed by atoms with Crippen molar-refractivity contribution >= 4 is 11.6 Å². The van der Waals surface area contributed by atoms with E-state index >= 15 is 0 Å². The molecule has 0 aliphatic rings. The third-order valence-corrected chi connectivity index (χ3v) is 2.73. The van der Waals surface area contributed by atoms with E-state index < -0.39 is 0 Å². The Morgan fingerprint density at radius 1 is 1.41 bits per heavy atom. The van der Waals surface area contributed by atoms with Crippen molar-refractivity contribution in [2.45, 2.75) is 26.2 Å². The van der Waals surface area contributed by atoms with Crippen molar-refractivity contribution in [1.29, 1.82) is 0 Å². The van der Waals surface area contributed by atoms with E-state index in [1.807, 2.05) is 0 Å². The lowest BCUT2D eigenvalue weighted by Crippen LogP contribution is -1.87. The van der Waals surface area contributed by atoms with E-state index in [1.54, 1.807) is 6.07 Å². The fourth-order valence-electron chi connectivity index (χ4n) is 1.48. The quantitative estimate of drug-likeness (QED) is 0.906. The van der Waals surface area contributed by atoms with Gasteiger partial charge in [0, 0.05) is 6.42 Å². The molecule has 1 aromatic carbocycles. The molecule has 1 N–H and O–H groups in total. The second-order valence-corrected chi connectivity index (χ2v) is 4.19. The molecule has 2 aromatic rings. The number of halogens is 1. The van der Waals surface area contributed by atoms with E-state index in [0.29, 0.717) is 22.3 Å². The van der Waals surface area contributed by atoms with Crippen LogP contribution in [0, 0.1) is 0 Å². The highest BCUT2D eigenvalue weighted by Crippen LogP contribution is 2.29. The number of hydrogen-bond acceptors (Lipinski definition) is 4. The maximum atomic E-state index is 9.40. The number of phenolic OH excluding ortho intramolecular Hbond substituents is 1. The Morgan fingerprint density at radius 3 is 3.00 bits per heavy atom. The minimum atomic E-state index is 0.123. The highest BCUT2D eigenvalue weighted by molar-refractivity contribution is 6.33. The lowest BCUT2D eigenvalue weighted by Gasteiger charge is -1.98. The minimum absolute atomic E-state index is 0.123. The van der Waals surface area contributed by atoms with Crippen LogP contribution in [0.4, 0.5) is 0 Å². The molecule has 0 radical (unpaired) electrons. The average molecular weight is 253 g/mol. The highest BCUT2D eigenvalue weighted by Gasteiger charge is 2.12. The molecule has 0 fully saturated rings. The molecule has 0 spiro atoms. The maximum Gasteiger partial charge on any atom is 0.259 e. The van der Waals surface area contributed by atoms with Gasteiger partial charge < -0.3 is 9.63 Å². The molecule has 0 saturated carbocycles. The number of benzene rings is 1. The van der Waals surface area contributed by atoms with Crippen LogP contribution in [0.1, 0.15) is 25.6 Å². The molecule has 4 nitrogen and oxygen atoms in total. The molecule has 5 heteroatoms. The van der Waals surface area contributed by atoms with Crippen molar-refractivity contribution in [2.24, 2.45) is 0 Å². The van der Waals surface area contributed by atoms with Gasteiger partial charge in [-0.15, -0.1) is 0 Å². The summed E-state index contributed by atoms with van der Waals surface area (Å²) < 4.78 is 5.13. The maximum absolute atomic E-state index is 9.40. The third-order valence-electron chi connectivity index (χ3n) is 2.40. The monoisotopic (exact) mass is 252 g/mol. The smallest absolute Gasteiger partial charge is 0.259 e. The van der Waals surface area contributed by atoms with Crippen molar-refractivity contribution in [3.8, 4) is 17.2 Å². The van der Waals surface area contributed by atoms with Gasteiger partial charge in [0.05, 0.1) is 10.6 Å². The van der Waals surface area contributed by atoms with Gasteiger partial charge in [-0.2, -0.15) is 4.98 Å². The Labute approximate surface area is 104 Å². The zero-order chi connectivity index (χ0) is 12.3. The summed E-state index contributed by atoms with van der Waals surface area (Å²) in [6, 6.07) is 4.63. The number of phenols is 1. The molecule has 0 unspecified atom stereocenters. The molecule has 0 atom stereocenters. The SMILES string of the molecule is CCCCc1noc(-c2cc(O)ccc2Cl)n1. The molecule has 2 rings (SSSR count). The van der Waals surface area contributed by atoms with Crippen LogP contribution in [0.25, 0.3) is 11.5 Å². The summed E-state index contributed by atoms with van der Waals surface area (Å²) in [7, 11) is 0. The Hall–Kier alpha value is -1.55. The van der Waals surface area contributed by atoms with Crippen LogP contribution >= 0.6 is 11.6 Å². The molecule has 1 aromatic heterocycles. The largest absolute Gasteiger partial charge is 0.508 e. The summed E-state index contributed by atoms with van der Waals surface area (Å²) in [6.07, 6.45) is 2.89. The summed E-state index contributed by atoms with van der Waals surface area (Å²) >= 11 is 6.01. The van der Waals surface area contributed by atoms with Crippen LogP contribution < -0.4 is 0 Å². The Morgan fingerprint density at radius 2 is 2.24 bits per heavy atom. The van der Waals surface area contributed by atoms with Crippen LogP contribution in [0.3, 0.4) is 0 Å². The van der Waals surface area contributed by atoms with Gasteiger partial charge in [0.1, 0.15) is 5.75 Å². The Balaban J connectivity index is 2.27. The standard InChI is InChI=1S/C12H13ClN2O2/c1-2-3-4-11-14-12(17-15-11)9-7-8(16)5-6-10(9)13/h5-7,16H,2-4H2,1H3. The van der Waals surface area contributed by atoms with E-state index in [0.717, 1.165) is 19.3 Å². The zero-order valence-corrected chi connectivity index (χ0v) is 10.2. The summed E-state index contributed by atoms with van der Waals surface area (Å²) in [5.74, 6) is 1.14. The van der Waals surface area contributed by atoms with Crippen molar-refractivity contribution in [1.82, 2.24) is 10.1 Å². The first-order valence-electron chi connectivity index (χ1n) is 5.52. The predicted molar refractivity (Wildman–Crippen MR) is 65.0 cm³/mol. The molecule has 1 heterocycles. The number of aromatic hydroxyl groups is 1. The van der Waals surface area contributed by atoms with Crippen LogP contribution in [-0.2, 0) is 6.42 Å². The first kappa shape index (κ1) is 11.9. The third kappa shape index (κ3) is 2.77. The lowest BCUT2D eigenvalue weighted by molar-refractivity contribution is 0.421. The summed E-state index contributed by atoms with van der Waals surface area (Å²) in [5.41, 5.74) is 0.557. The van der Waals surface area contributed by atoms with Crippen LogP contribution in [0.2, 0.25) is 5.02 Å². The first-order chi connectivity index (χ1) is 8.20. The van der Waals surface area contributed by atoms with Crippen LogP contribution in [0.5, 0.6) is 5.75 Å². The molecular weight excluding hydrogens is 240 g/mol. The molecule has 17 heavy (non-hydrogen) atoms. The predicted octanol–water partition coefficient (Wildman–Crippen LogP) is 3.44.